The van der Waals surface area contributed by atoms with Gasteiger partial charge in [-0.25, -0.2) is 18.0 Å². The molecule has 0 aliphatic rings. The van der Waals surface area contributed by atoms with E-state index in [1.165, 1.54) is 55.6 Å². The summed E-state index contributed by atoms with van der Waals surface area (Å²) in [5.74, 6) is -1.32. The average molecular weight is 547 g/mol. The third-order valence-corrected chi connectivity index (χ3v) is 7.67. The number of carbonyl (C=O) groups is 3. The Balaban J connectivity index is 1.80. The van der Waals surface area contributed by atoms with Gasteiger partial charge in [-0.15, -0.1) is 11.3 Å². The van der Waals surface area contributed by atoms with E-state index >= 15 is 0 Å². The maximum Gasteiger partial charge on any atom is 0.348 e. The van der Waals surface area contributed by atoms with Crippen molar-refractivity contribution in [2.75, 3.05) is 30.4 Å². The van der Waals surface area contributed by atoms with E-state index in [1.54, 1.807) is 20.8 Å². The average Bonchev–Trinajstić information content (AvgIpc) is 3.20. The van der Waals surface area contributed by atoms with E-state index in [4.69, 9.17) is 14.2 Å². The van der Waals surface area contributed by atoms with Gasteiger partial charge < -0.3 is 19.5 Å². The molecule has 0 atom stereocenters. The van der Waals surface area contributed by atoms with Gasteiger partial charge in [-0.3, -0.25) is 9.52 Å². The van der Waals surface area contributed by atoms with Crippen molar-refractivity contribution in [3.63, 3.8) is 0 Å². The fraction of sp³-hybridized carbons (Fsp3) is 0.240. The molecule has 0 unspecified atom stereocenters. The highest BCUT2D eigenvalue weighted by Crippen LogP contribution is 2.34. The molecular formula is C25H26N2O8S2. The second-order valence-electron chi connectivity index (χ2n) is 7.51. The lowest BCUT2D eigenvalue weighted by Crippen LogP contribution is -2.15. The summed E-state index contributed by atoms with van der Waals surface area (Å²) in [5, 5.41) is 2.80. The number of methoxy groups -OCH3 is 1. The van der Waals surface area contributed by atoms with Crippen molar-refractivity contribution in [1.29, 1.82) is 0 Å². The summed E-state index contributed by atoms with van der Waals surface area (Å²) in [4.78, 5) is 38.0. The first kappa shape index (κ1) is 27.7. The summed E-state index contributed by atoms with van der Waals surface area (Å²) < 4.78 is 42.9. The van der Waals surface area contributed by atoms with E-state index in [9.17, 15) is 22.8 Å². The number of sulfonamides is 1. The van der Waals surface area contributed by atoms with Gasteiger partial charge in [-0.2, -0.15) is 0 Å². The Kier molecular flexibility index (Phi) is 8.90. The molecule has 0 bridgehead atoms. The van der Waals surface area contributed by atoms with Crippen LogP contribution in [0.5, 0.6) is 5.75 Å². The van der Waals surface area contributed by atoms with Crippen LogP contribution in [-0.2, 0) is 19.5 Å². The number of hydrogen-bond acceptors (Lipinski definition) is 9. The highest BCUT2D eigenvalue weighted by Gasteiger charge is 2.27. The Hall–Kier alpha value is -3.90. The molecule has 0 fully saturated rings. The van der Waals surface area contributed by atoms with Crippen LogP contribution in [-0.4, -0.2) is 46.6 Å². The van der Waals surface area contributed by atoms with E-state index < -0.39 is 27.9 Å². The number of hydrogen-bond donors (Lipinski definition) is 2. The quantitative estimate of drug-likeness (QED) is 0.355. The van der Waals surface area contributed by atoms with Gasteiger partial charge in [-0.1, -0.05) is 0 Å². The van der Waals surface area contributed by atoms with Gasteiger partial charge in [0.2, 0.25) is 0 Å². The van der Waals surface area contributed by atoms with Gasteiger partial charge >= 0.3 is 11.9 Å². The van der Waals surface area contributed by atoms with Crippen LogP contribution >= 0.6 is 11.3 Å². The van der Waals surface area contributed by atoms with E-state index in [-0.39, 0.29) is 44.8 Å². The molecular weight excluding hydrogens is 520 g/mol. The first-order chi connectivity index (χ1) is 17.6. The van der Waals surface area contributed by atoms with Crippen molar-refractivity contribution in [3.05, 3.63) is 70.1 Å². The summed E-state index contributed by atoms with van der Waals surface area (Å²) in [5.41, 5.74) is 0.870. The highest BCUT2D eigenvalue weighted by atomic mass is 32.2. The van der Waals surface area contributed by atoms with Crippen molar-refractivity contribution in [2.24, 2.45) is 0 Å². The van der Waals surface area contributed by atoms with E-state index in [1.807, 2.05) is 0 Å². The molecule has 2 aromatic carbocycles. The summed E-state index contributed by atoms with van der Waals surface area (Å²) >= 11 is 0.915. The molecule has 12 heteroatoms. The lowest BCUT2D eigenvalue weighted by atomic mass is 10.1. The van der Waals surface area contributed by atoms with E-state index in [0.717, 1.165) is 11.3 Å². The van der Waals surface area contributed by atoms with Crippen molar-refractivity contribution in [2.45, 2.75) is 25.7 Å². The number of rotatable bonds is 10. The minimum absolute atomic E-state index is 0.0482. The number of ether oxygens (including phenoxy) is 3. The van der Waals surface area contributed by atoms with Crippen LogP contribution in [0.1, 0.15) is 49.8 Å². The van der Waals surface area contributed by atoms with Gasteiger partial charge in [0.25, 0.3) is 15.9 Å². The maximum atomic E-state index is 12.9. The van der Waals surface area contributed by atoms with Crippen LogP contribution < -0.4 is 14.8 Å². The zero-order valence-corrected chi connectivity index (χ0v) is 22.2. The Morgan fingerprint density at radius 2 is 1.49 bits per heavy atom. The molecule has 0 radical (unpaired) electrons. The fourth-order valence-electron chi connectivity index (χ4n) is 3.28. The number of esters is 2. The zero-order valence-electron chi connectivity index (χ0n) is 20.6. The maximum absolute atomic E-state index is 12.9. The van der Waals surface area contributed by atoms with Crippen molar-refractivity contribution >= 4 is 49.9 Å². The Morgan fingerprint density at radius 1 is 0.892 bits per heavy atom. The Labute approximate surface area is 218 Å². The van der Waals surface area contributed by atoms with Crippen LogP contribution in [0.25, 0.3) is 0 Å². The standard InChI is InChI=1S/C25H26N2O8S2/c1-5-34-24(29)20-15(3)21(25(30)35-6-2)36-23(20)26-22(28)16-7-9-17(10-8-16)27-37(31,32)19-13-11-18(33-4)12-14-19/h7-14,27H,5-6H2,1-4H3,(H,26,28). The first-order valence-electron chi connectivity index (χ1n) is 11.2. The topological polar surface area (TPSA) is 137 Å². The summed E-state index contributed by atoms with van der Waals surface area (Å²) in [6.45, 7) is 5.16. The summed E-state index contributed by atoms with van der Waals surface area (Å²) in [6, 6.07) is 11.6. The predicted octanol–water partition coefficient (Wildman–Crippen LogP) is 4.47. The molecule has 0 aliphatic heterocycles. The van der Waals surface area contributed by atoms with Gasteiger partial charge in [0, 0.05) is 11.3 Å². The Bertz CT molecular complexity index is 1400. The van der Waals surface area contributed by atoms with Crippen molar-refractivity contribution in [3.8, 4) is 5.75 Å². The SMILES string of the molecule is CCOC(=O)c1sc(NC(=O)c2ccc(NS(=O)(=O)c3ccc(OC)cc3)cc2)c(C(=O)OCC)c1C. The molecule has 0 aliphatic carbocycles. The molecule has 0 saturated carbocycles. The van der Waals surface area contributed by atoms with E-state index in [0.29, 0.717) is 11.3 Å². The molecule has 2 N–H and O–H groups in total. The van der Waals surface area contributed by atoms with Gasteiger partial charge in [0.05, 0.1) is 30.8 Å². The Morgan fingerprint density at radius 3 is 2.05 bits per heavy atom. The molecule has 37 heavy (non-hydrogen) atoms. The molecule has 0 spiro atoms. The fourth-order valence-corrected chi connectivity index (χ4v) is 5.42. The van der Waals surface area contributed by atoms with Crippen LogP contribution in [0.4, 0.5) is 10.7 Å². The van der Waals surface area contributed by atoms with Crippen LogP contribution in [0.3, 0.4) is 0 Å². The van der Waals surface area contributed by atoms with Gasteiger partial charge in [0.1, 0.15) is 15.6 Å². The molecule has 196 valence electrons. The minimum atomic E-state index is -3.86. The molecule has 0 saturated heterocycles. The second-order valence-corrected chi connectivity index (χ2v) is 10.2. The zero-order chi connectivity index (χ0) is 27.2. The smallest absolute Gasteiger partial charge is 0.348 e. The number of anilines is 2. The van der Waals surface area contributed by atoms with Crippen molar-refractivity contribution < 1.29 is 37.0 Å². The number of thiophene rings is 1. The molecule has 3 aromatic rings. The third-order valence-electron chi connectivity index (χ3n) is 5.08. The highest BCUT2D eigenvalue weighted by molar-refractivity contribution is 7.92. The largest absolute Gasteiger partial charge is 0.497 e. The monoisotopic (exact) mass is 546 g/mol. The number of amides is 1. The van der Waals surface area contributed by atoms with E-state index in [2.05, 4.69) is 10.0 Å². The third kappa shape index (κ3) is 6.46. The number of carbonyl (C=O) groups excluding carboxylic acids is 3. The molecule has 1 heterocycles. The number of benzene rings is 2. The van der Waals surface area contributed by atoms with Gasteiger partial charge in [-0.05, 0) is 74.9 Å². The summed E-state index contributed by atoms with van der Waals surface area (Å²) in [7, 11) is -2.37. The lowest BCUT2D eigenvalue weighted by Gasteiger charge is -2.10. The first-order valence-corrected chi connectivity index (χ1v) is 13.5. The predicted molar refractivity (Wildman–Crippen MR) is 139 cm³/mol. The second kappa shape index (κ2) is 11.9. The molecule has 3 rings (SSSR count). The molecule has 1 amide bonds. The van der Waals surface area contributed by atoms with Crippen LogP contribution in [0.2, 0.25) is 0 Å². The van der Waals surface area contributed by atoms with Crippen molar-refractivity contribution in [1.82, 2.24) is 0 Å². The number of nitrogens with one attached hydrogen (secondary N) is 2. The van der Waals surface area contributed by atoms with Crippen LogP contribution in [0, 0.1) is 6.92 Å². The van der Waals surface area contributed by atoms with Crippen LogP contribution in [0.15, 0.2) is 53.4 Å². The minimum Gasteiger partial charge on any atom is -0.497 e. The summed E-state index contributed by atoms with van der Waals surface area (Å²) in [6.07, 6.45) is 0. The molecule has 10 nitrogen and oxygen atoms in total. The normalized spacial score (nSPS) is 10.9. The van der Waals surface area contributed by atoms with Gasteiger partial charge in [0.15, 0.2) is 0 Å². The molecule has 1 aromatic heterocycles. The lowest BCUT2D eigenvalue weighted by molar-refractivity contribution is 0.0527.